The first-order valence-electron chi connectivity index (χ1n) is 34.6. The van der Waals surface area contributed by atoms with Crippen LogP contribution in [0, 0.1) is 13.8 Å². The second-order valence-electron chi connectivity index (χ2n) is 24.8. The van der Waals surface area contributed by atoms with Gasteiger partial charge in [-0.1, -0.05) is 218 Å². The molecule has 0 bridgehead atoms. The third-order valence-corrected chi connectivity index (χ3v) is 17.7. The summed E-state index contributed by atoms with van der Waals surface area (Å²) < 4.78 is 0. The minimum absolute atomic E-state index is 1.12. The van der Waals surface area contributed by atoms with Crippen LogP contribution in [0.25, 0.3) is 10.8 Å². The van der Waals surface area contributed by atoms with Crippen molar-refractivity contribution in [3.63, 3.8) is 0 Å². The van der Waals surface area contributed by atoms with Crippen molar-refractivity contribution in [3.8, 4) is 0 Å². The first kappa shape index (κ1) is 65.8. The fourth-order valence-corrected chi connectivity index (χ4v) is 13.0. The summed E-state index contributed by atoms with van der Waals surface area (Å²) in [5.41, 5.74) is 22.9. The van der Waals surface area contributed by atoms with Gasteiger partial charge in [0.25, 0.3) is 0 Å². The first-order valence-corrected chi connectivity index (χ1v) is 34.6. The summed E-state index contributed by atoms with van der Waals surface area (Å²) in [5, 5.41) is 2.41. The Kier molecular flexibility index (Phi) is 20.8. The normalized spacial score (nSPS) is 10.6. The quantitative estimate of drug-likeness (QED) is 0.0847. The van der Waals surface area contributed by atoms with Gasteiger partial charge in [-0.15, -0.1) is 0 Å². The predicted octanol–water partition coefficient (Wildman–Crippen LogP) is 27.6. The summed E-state index contributed by atoms with van der Waals surface area (Å²) in [6, 6.07) is 153. The Hall–Kier alpha value is -13.4. The molecule has 0 aliphatic heterocycles. The molecule has 16 aromatic carbocycles. The topological polar surface area (TPSA) is 19.4 Å². The SMILES string of the molecule is Cc1cccc(N(c2ccccc2)c2ccc(N(c3ccccc3)c3cccc(C)c3)cc2)c1.c1ccc(N(c2ccccc2)c2ccc(N(c3ccccc3)c3ccccc3)cc2)cc1.c1ccc(N(c2ccccc2)c2ccc3cc(N(c4ccccc4)c4ccccc4)ccc3c2)cc1. The second-order valence-corrected chi connectivity index (χ2v) is 24.8. The minimum Gasteiger partial charge on any atom is -0.311 e. The number of fused-ring (bicyclic) bond motifs is 1. The van der Waals surface area contributed by atoms with Gasteiger partial charge in [0.05, 0.1) is 0 Å². The van der Waals surface area contributed by atoms with E-state index in [1.54, 1.807) is 0 Å². The molecule has 492 valence electrons. The van der Waals surface area contributed by atoms with E-state index in [9.17, 15) is 0 Å². The van der Waals surface area contributed by atoms with Gasteiger partial charge in [0.15, 0.2) is 0 Å². The first-order chi connectivity index (χ1) is 50.5. The maximum Gasteiger partial charge on any atom is 0.0468 e. The molecule has 0 aliphatic rings. The molecular weight excluding hydrogens is 1240 g/mol. The van der Waals surface area contributed by atoms with Gasteiger partial charge in [0, 0.05) is 102 Å². The maximum atomic E-state index is 2.30. The number of aryl methyl sites for hydroxylation is 2. The molecule has 16 aromatic rings. The third kappa shape index (κ3) is 15.8. The monoisotopic (exact) mass is 1310 g/mol. The van der Waals surface area contributed by atoms with Gasteiger partial charge in [0.1, 0.15) is 0 Å². The summed E-state index contributed by atoms with van der Waals surface area (Å²) in [5.74, 6) is 0. The van der Waals surface area contributed by atoms with E-state index in [4.69, 9.17) is 0 Å². The molecule has 0 unspecified atom stereocenters. The standard InChI is InChI=1S/C34H26N2.C32H28N2.C30H24N2/c1-5-13-29(14-6-1)35(30-15-7-2-8-16-30)33-23-21-28-26-34(24-22-27(28)25-33)36(31-17-9-3-10-18-31)32-19-11-4-12-20-32;1-25-11-9-17-31(23-25)33(27-13-5-3-6-14-27)29-19-21-30(22-20-29)34(28-15-7-4-8-16-28)32-18-10-12-26(2)24-32;1-5-13-25(14-6-1)31(26-15-7-2-8-16-26)29-21-23-30(24-22-29)32(27-17-9-3-10-18-27)28-19-11-4-12-20-28/h1-26H;3-24H,1-2H3;1-24H. The molecule has 102 heavy (non-hydrogen) atoms. The van der Waals surface area contributed by atoms with Crippen molar-refractivity contribution in [2.75, 3.05) is 29.4 Å². The van der Waals surface area contributed by atoms with E-state index < -0.39 is 0 Å². The summed E-state index contributed by atoms with van der Waals surface area (Å²) in [6.45, 7) is 4.27. The van der Waals surface area contributed by atoms with Crippen molar-refractivity contribution in [2.45, 2.75) is 13.8 Å². The van der Waals surface area contributed by atoms with Crippen molar-refractivity contribution in [1.82, 2.24) is 0 Å². The predicted molar refractivity (Wildman–Crippen MR) is 434 cm³/mol. The van der Waals surface area contributed by atoms with Gasteiger partial charge in [-0.05, 0) is 254 Å². The zero-order chi connectivity index (χ0) is 69.1. The van der Waals surface area contributed by atoms with Crippen LogP contribution in [0.2, 0.25) is 0 Å². The molecule has 0 fully saturated rings. The van der Waals surface area contributed by atoms with Crippen LogP contribution in [-0.2, 0) is 0 Å². The summed E-state index contributed by atoms with van der Waals surface area (Å²) in [4.78, 5) is 13.8. The van der Waals surface area contributed by atoms with Gasteiger partial charge in [0.2, 0.25) is 0 Å². The number of nitrogens with zero attached hydrogens (tertiary/aromatic N) is 6. The molecule has 6 heteroatoms. The number of hydrogen-bond donors (Lipinski definition) is 0. The van der Waals surface area contributed by atoms with Crippen molar-refractivity contribution in [2.24, 2.45) is 0 Å². The van der Waals surface area contributed by atoms with Crippen LogP contribution >= 0.6 is 0 Å². The maximum absolute atomic E-state index is 2.30. The number of rotatable bonds is 18. The van der Waals surface area contributed by atoms with Gasteiger partial charge >= 0.3 is 0 Å². The van der Waals surface area contributed by atoms with Gasteiger partial charge in [-0.25, -0.2) is 0 Å². The fourth-order valence-electron chi connectivity index (χ4n) is 13.0. The minimum atomic E-state index is 1.12. The Labute approximate surface area is 600 Å². The van der Waals surface area contributed by atoms with Crippen LogP contribution in [0.5, 0.6) is 0 Å². The molecule has 0 heterocycles. The third-order valence-electron chi connectivity index (χ3n) is 17.7. The molecule has 0 saturated heterocycles. The average molecular weight is 1320 g/mol. The molecule has 0 N–H and O–H groups in total. The lowest BCUT2D eigenvalue weighted by atomic mass is 10.1. The highest BCUT2D eigenvalue weighted by molar-refractivity contribution is 5.94. The lowest BCUT2D eigenvalue weighted by Crippen LogP contribution is -2.12. The molecule has 0 atom stereocenters. The van der Waals surface area contributed by atoms with Crippen molar-refractivity contribution >= 4 is 113 Å². The van der Waals surface area contributed by atoms with Gasteiger partial charge < -0.3 is 29.4 Å². The summed E-state index contributed by atoms with van der Waals surface area (Å²) in [6.07, 6.45) is 0. The van der Waals surface area contributed by atoms with Crippen LogP contribution in [0.3, 0.4) is 0 Å². The lowest BCUT2D eigenvalue weighted by molar-refractivity contribution is 1.25. The molecule has 0 radical (unpaired) electrons. The number of para-hydroxylation sites is 10. The molecule has 0 amide bonds. The van der Waals surface area contributed by atoms with E-state index in [0.29, 0.717) is 0 Å². The zero-order valence-electron chi connectivity index (χ0n) is 57.3. The smallest absolute Gasteiger partial charge is 0.0468 e. The van der Waals surface area contributed by atoms with Crippen molar-refractivity contribution in [3.05, 3.63) is 448 Å². The van der Waals surface area contributed by atoms with E-state index >= 15 is 0 Å². The van der Waals surface area contributed by atoms with E-state index in [1.807, 2.05) is 24.3 Å². The molecule has 16 rings (SSSR count). The Morgan fingerprint density at radius 3 is 0.431 bits per heavy atom. The highest BCUT2D eigenvalue weighted by atomic mass is 15.2. The van der Waals surface area contributed by atoms with Crippen LogP contribution in [0.4, 0.5) is 102 Å². The molecule has 6 nitrogen and oxygen atoms in total. The highest BCUT2D eigenvalue weighted by Crippen LogP contribution is 2.43. The van der Waals surface area contributed by atoms with Crippen LogP contribution < -0.4 is 29.4 Å². The molecule has 0 saturated carbocycles. The Morgan fingerprint density at radius 1 is 0.118 bits per heavy atom. The van der Waals surface area contributed by atoms with Crippen LogP contribution in [0.15, 0.2) is 437 Å². The zero-order valence-corrected chi connectivity index (χ0v) is 57.3. The molecule has 0 aliphatic carbocycles. The second kappa shape index (κ2) is 32.3. The molecule has 0 spiro atoms. The largest absolute Gasteiger partial charge is 0.311 e. The van der Waals surface area contributed by atoms with Gasteiger partial charge in [-0.2, -0.15) is 0 Å². The summed E-state index contributed by atoms with van der Waals surface area (Å²) in [7, 11) is 0. The van der Waals surface area contributed by atoms with E-state index in [-0.39, 0.29) is 0 Å². The lowest BCUT2D eigenvalue weighted by Gasteiger charge is -2.28. The molecule has 0 aromatic heterocycles. The number of hydrogen-bond acceptors (Lipinski definition) is 6. The Balaban J connectivity index is 0.000000130. The van der Waals surface area contributed by atoms with Crippen LogP contribution in [0.1, 0.15) is 11.1 Å². The highest BCUT2D eigenvalue weighted by Gasteiger charge is 2.20. The van der Waals surface area contributed by atoms with E-state index in [1.165, 1.54) is 21.9 Å². The van der Waals surface area contributed by atoms with Crippen molar-refractivity contribution < 1.29 is 0 Å². The Bertz CT molecular complexity index is 4730. The average Bonchev–Trinajstić information content (AvgIpc) is 0.798. The van der Waals surface area contributed by atoms with E-state index in [2.05, 4.69) is 456 Å². The fraction of sp³-hybridized carbons (Fsp3) is 0.0208. The number of benzene rings is 16. The molecular formula is C96H78N6. The van der Waals surface area contributed by atoms with Crippen molar-refractivity contribution in [1.29, 1.82) is 0 Å². The number of anilines is 18. The Morgan fingerprint density at radius 2 is 0.255 bits per heavy atom. The van der Waals surface area contributed by atoms with Gasteiger partial charge in [-0.3, -0.25) is 0 Å². The van der Waals surface area contributed by atoms with Crippen LogP contribution in [-0.4, -0.2) is 0 Å². The van der Waals surface area contributed by atoms with E-state index in [0.717, 1.165) is 102 Å². The summed E-state index contributed by atoms with van der Waals surface area (Å²) >= 11 is 0.